The number of aromatic nitrogens is 2. The summed E-state index contributed by atoms with van der Waals surface area (Å²) in [4.78, 5) is 25.1. The monoisotopic (exact) mass is 463 g/mol. The number of hydrogen-bond donors (Lipinski definition) is 1. The SMILES string of the molecule is CN1CCC(NC(=O)c2cnc(OC3CCN(c4ccc(C(F)(F)F)cc4)CC3)cn2)CC1. The van der Waals surface area contributed by atoms with Gasteiger partial charge in [-0.25, -0.2) is 9.97 Å². The summed E-state index contributed by atoms with van der Waals surface area (Å²) in [6.45, 7) is 3.25. The Morgan fingerprint density at radius 2 is 1.67 bits per heavy atom. The van der Waals surface area contributed by atoms with Crippen LogP contribution in [-0.2, 0) is 6.18 Å². The third-order valence-corrected chi connectivity index (χ3v) is 6.20. The Labute approximate surface area is 191 Å². The summed E-state index contributed by atoms with van der Waals surface area (Å²) in [6.07, 6.45) is 1.75. The van der Waals surface area contributed by atoms with Gasteiger partial charge in [0.15, 0.2) is 0 Å². The minimum absolute atomic E-state index is 0.0658. The van der Waals surface area contributed by atoms with Crippen LogP contribution in [0.1, 0.15) is 41.7 Å². The first-order valence-corrected chi connectivity index (χ1v) is 11.2. The van der Waals surface area contributed by atoms with Crippen molar-refractivity contribution < 1.29 is 22.7 Å². The van der Waals surface area contributed by atoms with E-state index in [4.69, 9.17) is 4.74 Å². The number of halogens is 3. The van der Waals surface area contributed by atoms with Gasteiger partial charge in [-0.1, -0.05) is 0 Å². The first-order chi connectivity index (χ1) is 15.8. The molecule has 0 unspecified atom stereocenters. The zero-order valence-corrected chi connectivity index (χ0v) is 18.5. The number of amides is 1. The van der Waals surface area contributed by atoms with E-state index < -0.39 is 11.7 Å². The molecular formula is C23H28F3N5O2. The average molecular weight is 464 g/mol. The third kappa shape index (κ3) is 6.13. The molecule has 0 bridgehead atoms. The van der Waals surface area contributed by atoms with Crippen molar-refractivity contribution in [2.75, 3.05) is 38.1 Å². The predicted octanol–water partition coefficient (Wildman–Crippen LogP) is 3.37. The lowest BCUT2D eigenvalue weighted by Gasteiger charge is -2.33. The fraction of sp³-hybridized carbons (Fsp3) is 0.522. The van der Waals surface area contributed by atoms with Crippen LogP contribution in [0.5, 0.6) is 5.88 Å². The number of anilines is 1. The first kappa shape index (κ1) is 23.3. The normalized spacial score (nSPS) is 18.8. The highest BCUT2D eigenvalue weighted by Crippen LogP contribution is 2.31. The molecule has 178 valence electrons. The van der Waals surface area contributed by atoms with E-state index in [9.17, 15) is 18.0 Å². The van der Waals surface area contributed by atoms with Crippen molar-refractivity contribution in [2.24, 2.45) is 0 Å². The Balaban J connectivity index is 1.24. The lowest BCUT2D eigenvalue weighted by atomic mass is 10.1. The van der Waals surface area contributed by atoms with E-state index in [0.29, 0.717) is 31.8 Å². The Kier molecular flexibility index (Phi) is 7.02. The summed E-state index contributed by atoms with van der Waals surface area (Å²) in [5.74, 6) is 0.132. The van der Waals surface area contributed by atoms with Crippen molar-refractivity contribution in [3.05, 3.63) is 47.9 Å². The number of benzene rings is 1. The van der Waals surface area contributed by atoms with E-state index in [0.717, 1.165) is 43.8 Å². The molecule has 33 heavy (non-hydrogen) atoms. The molecule has 1 N–H and O–H groups in total. The molecule has 2 saturated heterocycles. The number of carbonyl (C=O) groups excluding carboxylic acids is 1. The second-order valence-corrected chi connectivity index (χ2v) is 8.64. The average Bonchev–Trinajstić information content (AvgIpc) is 2.81. The highest BCUT2D eigenvalue weighted by atomic mass is 19.4. The van der Waals surface area contributed by atoms with Crippen LogP contribution in [-0.4, -0.2) is 66.1 Å². The largest absolute Gasteiger partial charge is 0.473 e. The highest BCUT2D eigenvalue weighted by molar-refractivity contribution is 5.92. The van der Waals surface area contributed by atoms with E-state index in [2.05, 4.69) is 27.2 Å². The van der Waals surface area contributed by atoms with Crippen molar-refractivity contribution in [3.8, 4) is 5.88 Å². The van der Waals surface area contributed by atoms with Gasteiger partial charge in [-0.15, -0.1) is 0 Å². The summed E-state index contributed by atoms with van der Waals surface area (Å²) >= 11 is 0. The molecule has 0 aliphatic carbocycles. The van der Waals surface area contributed by atoms with Gasteiger partial charge in [0.05, 0.1) is 18.0 Å². The maximum atomic E-state index is 12.7. The van der Waals surface area contributed by atoms with Crippen LogP contribution in [0.3, 0.4) is 0 Å². The maximum Gasteiger partial charge on any atom is 0.416 e. The predicted molar refractivity (Wildman–Crippen MR) is 117 cm³/mol. The van der Waals surface area contributed by atoms with E-state index in [1.165, 1.54) is 24.5 Å². The number of nitrogens with one attached hydrogen (secondary N) is 1. The number of nitrogens with zero attached hydrogens (tertiary/aromatic N) is 4. The molecule has 2 aliphatic heterocycles. The fourth-order valence-electron chi connectivity index (χ4n) is 4.17. The van der Waals surface area contributed by atoms with Crippen LogP contribution in [0.25, 0.3) is 0 Å². The zero-order chi connectivity index (χ0) is 23.4. The minimum Gasteiger partial charge on any atom is -0.473 e. The quantitative estimate of drug-likeness (QED) is 0.733. The van der Waals surface area contributed by atoms with Crippen LogP contribution in [0.4, 0.5) is 18.9 Å². The van der Waals surface area contributed by atoms with Crippen LogP contribution in [0, 0.1) is 0 Å². The van der Waals surface area contributed by atoms with E-state index in [-0.39, 0.29) is 23.7 Å². The molecule has 2 fully saturated rings. The number of piperidine rings is 2. The van der Waals surface area contributed by atoms with Gasteiger partial charge in [0, 0.05) is 37.7 Å². The highest BCUT2D eigenvalue weighted by Gasteiger charge is 2.30. The van der Waals surface area contributed by atoms with Gasteiger partial charge < -0.3 is 19.9 Å². The number of carbonyl (C=O) groups is 1. The lowest BCUT2D eigenvalue weighted by molar-refractivity contribution is -0.137. The molecule has 0 spiro atoms. The van der Waals surface area contributed by atoms with E-state index >= 15 is 0 Å². The molecule has 2 aromatic rings. The molecule has 10 heteroatoms. The molecule has 0 saturated carbocycles. The number of alkyl halides is 3. The van der Waals surface area contributed by atoms with Crippen molar-refractivity contribution in [2.45, 2.75) is 44.0 Å². The first-order valence-electron chi connectivity index (χ1n) is 11.2. The fourth-order valence-corrected chi connectivity index (χ4v) is 4.17. The van der Waals surface area contributed by atoms with Crippen molar-refractivity contribution in [1.29, 1.82) is 0 Å². The van der Waals surface area contributed by atoms with Crippen molar-refractivity contribution in [1.82, 2.24) is 20.2 Å². The summed E-state index contributed by atoms with van der Waals surface area (Å²) in [5.41, 5.74) is 0.381. The van der Waals surface area contributed by atoms with Gasteiger partial charge in [-0.2, -0.15) is 13.2 Å². The van der Waals surface area contributed by atoms with Crippen molar-refractivity contribution >= 4 is 11.6 Å². The van der Waals surface area contributed by atoms with Crippen molar-refractivity contribution in [3.63, 3.8) is 0 Å². The summed E-state index contributed by atoms with van der Waals surface area (Å²) < 4.78 is 44.1. The van der Waals surface area contributed by atoms with Gasteiger partial charge in [0.25, 0.3) is 5.91 Å². The topological polar surface area (TPSA) is 70.6 Å². The summed E-state index contributed by atoms with van der Waals surface area (Å²) in [6, 6.07) is 5.38. The van der Waals surface area contributed by atoms with Gasteiger partial charge in [0.2, 0.25) is 5.88 Å². The Morgan fingerprint density at radius 1 is 1.00 bits per heavy atom. The number of hydrogen-bond acceptors (Lipinski definition) is 6. The van der Waals surface area contributed by atoms with Gasteiger partial charge in [0.1, 0.15) is 11.8 Å². The molecule has 4 rings (SSSR count). The lowest BCUT2D eigenvalue weighted by Crippen LogP contribution is -2.43. The number of likely N-dealkylation sites (tertiary alicyclic amines) is 1. The molecule has 0 radical (unpaired) electrons. The molecule has 7 nitrogen and oxygen atoms in total. The molecule has 0 atom stereocenters. The molecule has 3 heterocycles. The second-order valence-electron chi connectivity index (χ2n) is 8.64. The Bertz CT molecular complexity index is 921. The minimum atomic E-state index is -4.33. The number of rotatable bonds is 5. The molecular weight excluding hydrogens is 435 g/mol. The van der Waals surface area contributed by atoms with Gasteiger partial charge in [-0.05, 0) is 57.2 Å². The Morgan fingerprint density at radius 3 is 2.24 bits per heavy atom. The molecule has 1 aromatic heterocycles. The van der Waals surface area contributed by atoms with Crippen LogP contribution >= 0.6 is 0 Å². The van der Waals surface area contributed by atoms with Crippen LogP contribution in [0.2, 0.25) is 0 Å². The molecule has 1 amide bonds. The third-order valence-electron chi connectivity index (χ3n) is 6.20. The van der Waals surface area contributed by atoms with Crippen LogP contribution < -0.4 is 15.0 Å². The number of ether oxygens (including phenoxy) is 1. The van der Waals surface area contributed by atoms with Gasteiger partial charge >= 0.3 is 6.18 Å². The smallest absolute Gasteiger partial charge is 0.416 e. The van der Waals surface area contributed by atoms with E-state index in [1.807, 2.05) is 4.90 Å². The summed E-state index contributed by atoms with van der Waals surface area (Å²) in [5, 5.41) is 3.01. The standard InChI is InChI=1S/C23H28F3N5O2/c1-30-10-6-17(7-11-30)29-22(32)20-14-28-21(15-27-20)33-19-8-12-31(13-9-19)18-4-2-16(3-5-18)23(24,25)26/h2-5,14-15,17,19H,6-13H2,1H3,(H,29,32). The van der Waals surface area contributed by atoms with Gasteiger partial charge in [-0.3, -0.25) is 4.79 Å². The van der Waals surface area contributed by atoms with Crippen LogP contribution in [0.15, 0.2) is 36.7 Å². The maximum absolute atomic E-state index is 12.7. The second kappa shape index (κ2) is 9.94. The zero-order valence-electron chi connectivity index (χ0n) is 18.5. The summed E-state index contributed by atoms with van der Waals surface area (Å²) in [7, 11) is 2.07. The van der Waals surface area contributed by atoms with E-state index in [1.54, 1.807) is 0 Å². The molecule has 2 aliphatic rings. The Hall–Kier alpha value is -2.88. The molecule has 1 aromatic carbocycles.